The molecule has 2 unspecified atom stereocenters. The molecule has 0 amide bonds. The van der Waals surface area contributed by atoms with Gasteiger partial charge in [-0.15, -0.1) is 0 Å². The molecule has 0 N–H and O–H groups in total. The van der Waals surface area contributed by atoms with Crippen molar-refractivity contribution in [2.24, 2.45) is 5.92 Å². The minimum atomic E-state index is -0.320. The van der Waals surface area contributed by atoms with E-state index in [2.05, 4.69) is 0 Å². The lowest BCUT2D eigenvalue weighted by Crippen LogP contribution is -2.54. The first-order chi connectivity index (χ1) is 9.54. The number of rotatable bonds is 4. The van der Waals surface area contributed by atoms with Crippen LogP contribution in [0.2, 0.25) is 0 Å². The average molecular weight is 284 g/mol. The van der Waals surface area contributed by atoms with Gasteiger partial charge in [0.05, 0.1) is 18.8 Å². The van der Waals surface area contributed by atoms with Crippen molar-refractivity contribution in [1.29, 1.82) is 0 Å². The van der Waals surface area contributed by atoms with Gasteiger partial charge in [-0.3, -0.25) is 4.79 Å². The normalized spacial score (nSPS) is 45.0. The van der Waals surface area contributed by atoms with Crippen molar-refractivity contribution in [3.05, 3.63) is 0 Å². The second-order valence-electron chi connectivity index (χ2n) is 6.41. The minimum Gasteiger partial charge on any atom is -0.367 e. The average Bonchev–Trinajstić information content (AvgIpc) is 2.71. The Morgan fingerprint density at radius 3 is 2.95 bits per heavy atom. The Hall–Kier alpha value is -0.490. The highest BCUT2D eigenvalue weighted by molar-refractivity contribution is 5.77. The SMILES string of the molecule is CO[C@@H]1OC[C@]23C[C@H]1O[C@H]2CCC(CC(C)C(C)=O)O3. The van der Waals surface area contributed by atoms with Gasteiger partial charge >= 0.3 is 0 Å². The lowest BCUT2D eigenvalue weighted by Gasteiger charge is -2.43. The molecule has 5 heteroatoms. The lowest BCUT2D eigenvalue weighted by atomic mass is 9.84. The van der Waals surface area contributed by atoms with Crippen molar-refractivity contribution in [1.82, 2.24) is 0 Å². The van der Waals surface area contributed by atoms with Crippen molar-refractivity contribution >= 4 is 5.78 Å². The Morgan fingerprint density at radius 1 is 1.45 bits per heavy atom. The van der Waals surface area contributed by atoms with Gasteiger partial charge in [0, 0.05) is 19.4 Å². The summed E-state index contributed by atoms with van der Waals surface area (Å²) in [5.41, 5.74) is -0.320. The van der Waals surface area contributed by atoms with E-state index in [1.54, 1.807) is 14.0 Å². The standard InChI is InChI=1S/C15H24O5/c1-9(10(2)16)6-11-4-5-13-15(20-11)7-12(19-13)14(17-3)18-8-15/h9,11-14H,4-8H2,1-3H3/t9?,11?,12-,13+,14-,15-/m1/s1. The number of hydrogen-bond donors (Lipinski definition) is 0. The highest BCUT2D eigenvalue weighted by Gasteiger charge is 2.58. The molecule has 114 valence electrons. The molecule has 3 aliphatic heterocycles. The third-order valence-corrected chi connectivity index (χ3v) is 4.96. The molecule has 3 aliphatic rings. The summed E-state index contributed by atoms with van der Waals surface area (Å²) < 4.78 is 23.4. The molecule has 0 aliphatic carbocycles. The number of methoxy groups -OCH3 is 1. The van der Waals surface area contributed by atoms with E-state index in [1.807, 2.05) is 6.92 Å². The molecule has 0 aromatic carbocycles. The van der Waals surface area contributed by atoms with Crippen molar-refractivity contribution in [3.63, 3.8) is 0 Å². The number of fused-ring (bicyclic) bond motifs is 1. The summed E-state index contributed by atoms with van der Waals surface area (Å²) in [4.78, 5) is 11.4. The van der Waals surface area contributed by atoms with Crippen LogP contribution in [0, 0.1) is 5.92 Å². The second kappa shape index (κ2) is 5.37. The zero-order chi connectivity index (χ0) is 14.3. The summed E-state index contributed by atoms with van der Waals surface area (Å²) in [7, 11) is 1.65. The zero-order valence-electron chi connectivity index (χ0n) is 12.5. The second-order valence-corrected chi connectivity index (χ2v) is 6.41. The van der Waals surface area contributed by atoms with Gasteiger partial charge in [0.15, 0.2) is 6.29 Å². The molecule has 0 radical (unpaired) electrons. The summed E-state index contributed by atoms with van der Waals surface area (Å²) in [5.74, 6) is 0.287. The molecule has 2 bridgehead atoms. The Morgan fingerprint density at radius 2 is 2.25 bits per heavy atom. The fraction of sp³-hybridized carbons (Fsp3) is 0.933. The first kappa shape index (κ1) is 14.4. The van der Waals surface area contributed by atoms with Crippen LogP contribution in [0.5, 0.6) is 0 Å². The maximum atomic E-state index is 11.4. The van der Waals surface area contributed by atoms with Gasteiger partial charge in [0.25, 0.3) is 0 Å². The third kappa shape index (κ3) is 2.41. The van der Waals surface area contributed by atoms with Gasteiger partial charge in [-0.1, -0.05) is 6.92 Å². The van der Waals surface area contributed by atoms with Crippen LogP contribution in [-0.2, 0) is 23.7 Å². The molecular formula is C15H24O5. The summed E-state index contributed by atoms with van der Waals surface area (Å²) >= 11 is 0. The lowest BCUT2D eigenvalue weighted by molar-refractivity contribution is -0.231. The third-order valence-electron chi connectivity index (χ3n) is 4.96. The van der Waals surface area contributed by atoms with E-state index in [0.29, 0.717) is 6.61 Å². The number of ketones is 1. The largest absolute Gasteiger partial charge is 0.367 e. The molecule has 1 spiro atoms. The van der Waals surface area contributed by atoms with E-state index in [4.69, 9.17) is 18.9 Å². The van der Waals surface area contributed by atoms with E-state index in [9.17, 15) is 4.79 Å². The number of hydrogen-bond acceptors (Lipinski definition) is 5. The molecule has 3 saturated heterocycles. The van der Waals surface area contributed by atoms with Gasteiger partial charge in [0.1, 0.15) is 17.5 Å². The Balaban J connectivity index is 1.66. The van der Waals surface area contributed by atoms with Crippen LogP contribution >= 0.6 is 0 Å². The van der Waals surface area contributed by atoms with Gasteiger partial charge < -0.3 is 18.9 Å². The van der Waals surface area contributed by atoms with Crippen LogP contribution in [0.25, 0.3) is 0 Å². The van der Waals surface area contributed by atoms with E-state index >= 15 is 0 Å². The monoisotopic (exact) mass is 284 g/mol. The van der Waals surface area contributed by atoms with Crippen molar-refractivity contribution in [2.45, 2.75) is 69.7 Å². The van der Waals surface area contributed by atoms with Gasteiger partial charge in [0.2, 0.25) is 0 Å². The van der Waals surface area contributed by atoms with E-state index in [0.717, 1.165) is 25.7 Å². The highest BCUT2D eigenvalue weighted by atomic mass is 16.7. The van der Waals surface area contributed by atoms with Crippen LogP contribution in [0.4, 0.5) is 0 Å². The van der Waals surface area contributed by atoms with Gasteiger partial charge in [-0.05, 0) is 26.2 Å². The van der Waals surface area contributed by atoms with E-state index < -0.39 is 0 Å². The van der Waals surface area contributed by atoms with E-state index in [1.165, 1.54) is 0 Å². The fourth-order valence-corrected chi connectivity index (χ4v) is 3.66. The van der Waals surface area contributed by atoms with Gasteiger partial charge in [-0.25, -0.2) is 0 Å². The number of Topliss-reactive ketones (excluding diaryl/α,β-unsaturated/α-hetero) is 1. The van der Waals surface area contributed by atoms with Crippen LogP contribution in [0.15, 0.2) is 0 Å². The Labute approximate surface area is 119 Å². The summed E-state index contributed by atoms with van der Waals surface area (Å²) in [6, 6.07) is 0. The number of carbonyl (C=O) groups excluding carboxylic acids is 1. The highest BCUT2D eigenvalue weighted by Crippen LogP contribution is 2.47. The van der Waals surface area contributed by atoms with Crippen LogP contribution in [-0.4, -0.2) is 49.7 Å². The Bertz CT molecular complexity index is 384. The molecule has 3 fully saturated rings. The topological polar surface area (TPSA) is 54.0 Å². The van der Waals surface area contributed by atoms with Gasteiger partial charge in [-0.2, -0.15) is 0 Å². The fourth-order valence-electron chi connectivity index (χ4n) is 3.66. The minimum absolute atomic E-state index is 0.0252. The molecule has 3 heterocycles. The number of ether oxygens (including phenoxy) is 4. The predicted octanol–water partition coefficient (Wildman–Crippen LogP) is 1.68. The first-order valence-electron chi connectivity index (χ1n) is 7.52. The molecular weight excluding hydrogens is 260 g/mol. The summed E-state index contributed by atoms with van der Waals surface area (Å²) in [5, 5.41) is 0. The van der Waals surface area contributed by atoms with Crippen molar-refractivity contribution < 1.29 is 23.7 Å². The maximum Gasteiger partial charge on any atom is 0.183 e. The molecule has 0 saturated carbocycles. The maximum absolute atomic E-state index is 11.4. The molecule has 3 rings (SSSR count). The summed E-state index contributed by atoms with van der Waals surface area (Å²) in [6.07, 6.45) is 3.50. The molecule has 6 atom stereocenters. The molecule has 20 heavy (non-hydrogen) atoms. The van der Waals surface area contributed by atoms with Crippen molar-refractivity contribution in [3.8, 4) is 0 Å². The first-order valence-corrected chi connectivity index (χ1v) is 7.52. The smallest absolute Gasteiger partial charge is 0.183 e. The predicted molar refractivity (Wildman–Crippen MR) is 71.3 cm³/mol. The zero-order valence-corrected chi connectivity index (χ0v) is 12.5. The Kier molecular flexibility index (Phi) is 3.88. The molecule has 0 aromatic rings. The van der Waals surface area contributed by atoms with E-state index in [-0.39, 0.29) is 41.9 Å². The number of carbonyl (C=O) groups is 1. The van der Waals surface area contributed by atoms with Crippen LogP contribution in [0.1, 0.15) is 39.5 Å². The van der Waals surface area contributed by atoms with Crippen molar-refractivity contribution in [2.75, 3.05) is 13.7 Å². The summed E-state index contributed by atoms with van der Waals surface area (Å²) in [6.45, 7) is 4.15. The molecule has 5 nitrogen and oxygen atoms in total. The van der Waals surface area contributed by atoms with Crippen LogP contribution in [0.3, 0.4) is 0 Å². The molecule has 0 aromatic heterocycles. The van der Waals surface area contributed by atoms with Crippen LogP contribution < -0.4 is 0 Å². The quantitative estimate of drug-likeness (QED) is 0.786.